The van der Waals surface area contributed by atoms with E-state index in [9.17, 15) is 9.50 Å². The number of nitrogens with zero attached hydrogens (tertiary/aromatic N) is 2. The second-order valence-electron chi connectivity index (χ2n) is 5.93. The summed E-state index contributed by atoms with van der Waals surface area (Å²) in [6, 6.07) is 5.04. The number of likely N-dealkylation sites (tertiary alicyclic amines) is 1. The fraction of sp³-hybridized carbons (Fsp3) is 0.625. The standard InChI is InChI=1S/C16H23FN2O3/c1-21-13-3-2-12(14(17)8-13)9-18-10-15(16(20)11-18)19-4-6-22-7-5-19/h2-3,8,15-16,20H,4-7,9-11H2,1H3/t15-,16-/m0/s1. The smallest absolute Gasteiger partial charge is 0.131 e. The molecule has 2 aliphatic heterocycles. The molecule has 1 N–H and O–H groups in total. The van der Waals surface area contributed by atoms with Crippen molar-refractivity contribution in [2.45, 2.75) is 18.7 Å². The Balaban J connectivity index is 1.62. The summed E-state index contributed by atoms with van der Waals surface area (Å²) in [5, 5.41) is 10.3. The normalized spacial score (nSPS) is 27.2. The molecular formula is C16H23FN2O3. The zero-order chi connectivity index (χ0) is 15.5. The van der Waals surface area contributed by atoms with Crippen LogP contribution in [0.1, 0.15) is 5.56 Å². The van der Waals surface area contributed by atoms with Gasteiger partial charge in [-0.3, -0.25) is 9.80 Å². The second-order valence-corrected chi connectivity index (χ2v) is 5.93. The van der Waals surface area contributed by atoms with Gasteiger partial charge in [-0.05, 0) is 6.07 Å². The molecule has 0 saturated carbocycles. The predicted molar refractivity (Wildman–Crippen MR) is 80.4 cm³/mol. The summed E-state index contributed by atoms with van der Waals surface area (Å²) < 4.78 is 24.4. The Morgan fingerprint density at radius 1 is 1.32 bits per heavy atom. The van der Waals surface area contributed by atoms with Gasteiger partial charge in [0.05, 0.1) is 26.4 Å². The molecule has 0 aromatic heterocycles. The molecule has 2 fully saturated rings. The molecule has 2 heterocycles. The van der Waals surface area contributed by atoms with Crippen molar-refractivity contribution in [1.29, 1.82) is 0 Å². The van der Waals surface area contributed by atoms with E-state index >= 15 is 0 Å². The van der Waals surface area contributed by atoms with Gasteiger partial charge in [0.15, 0.2) is 0 Å². The fourth-order valence-electron chi connectivity index (χ4n) is 3.27. The van der Waals surface area contributed by atoms with E-state index in [4.69, 9.17) is 9.47 Å². The summed E-state index contributed by atoms with van der Waals surface area (Å²) in [5.41, 5.74) is 0.635. The number of methoxy groups -OCH3 is 1. The van der Waals surface area contributed by atoms with Gasteiger partial charge < -0.3 is 14.6 Å². The molecule has 122 valence electrons. The van der Waals surface area contributed by atoms with Crippen LogP contribution in [0, 0.1) is 5.82 Å². The maximum absolute atomic E-state index is 14.0. The van der Waals surface area contributed by atoms with E-state index in [1.807, 2.05) is 0 Å². The van der Waals surface area contributed by atoms with Crippen molar-refractivity contribution in [2.75, 3.05) is 46.5 Å². The monoisotopic (exact) mass is 310 g/mol. The van der Waals surface area contributed by atoms with E-state index in [1.165, 1.54) is 13.2 Å². The number of aliphatic hydroxyl groups is 1. The van der Waals surface area contributed by atoms with E-state index in [2.05, 4.69) is 9.80 Å². The largest absolute Gasteiger partial charge is 0.497 e. The van der Waals surface area contributed by atoms with Crippen LogP contribution >= 0.6 is 0 Å². The summed E-state index contributed by atoms with van der Waals surface area (Å²) in [6.07, 6.45) is -0.389. The van der Waals surface area contributed by atoms with E-state index < -0.39 is 0 Å². The minimum Gasteiger partial charge on any atom is -0.497 e. The van der Waals surface area contributed by atoms with E-state index in [-0.39, 0.29) is 18.0 Å². The lowest BCUT2D eigenvalue weighted by Gasteiger charge is -2.33. The average Bonchev–Trinajstić information content (AvgIpc) is 2.91. The first-order valence-corrected chi connectivity index (χ1v) is 7.72. The van der Waals surface area contributed by atoms with E-state index in [0.717, 1.165) is 32.8 Å². The second kappa shape index (κ2) is 6.91. The minimum absolute atomic E-state index is 0.116. The third-order valence-corrected chi connectivity index (χ3v) is 4.50. The third-order valence-electron chi connectivity index (χ3n) is 4.50. The summed E-state index contributed by atoms with van der Waals surface area (Å²) in [4.78, 5) is 4.38. The van der Waals surface area contributed by atoms with Crippen molar-refractivity contribution in [3.8, 4) is 5.75 Å². The highest BCUT2D eigenvalue weighted by molar-refractivity contribution is 5.29. The summed E-state index contributed by atoms with van der Waals surface area (Å²) >= 11 is 0. The summed E-state index contributed by atoms with van der Waals surface area (Å²) in [6.45, 7) is 4.99. The minimum atomic E-state index is -0.389. The van der Waals surface area contributed by atoms with Crippen molar-refractivity contribution >= 4 is 0 Å². The Morgan fingerprint density at radius 2 is 2.09 bits per heavy atom. The fourth-order valence-corrected chi connectivity index (χ4v) is 3.27. The molecule has 0 bridgehead atoms. The number of morpholine rings is 1. The predicted octanol–water partition coefficient (Wildman–Crippen LogP) is 0.712. The Kier molecular flexibility index (Phi) is 4.93. The van der Waals surface area contributed by atoms with Gasteiger partial charge in [0.25, 0.3) is 0 Å². The number of halogens is 1. The van der Waals surface area contributed by atoms with Crippen molar-refractivity contribution in [3.63, 3.8) is 0 Å². The van der Waals surface area contributed by atoms with Crippen LogP contribution in [0.3, 0.4) is 0 Å². The maximum atomic E-state index is 14.0. The Labute approximate surface area is 130 Å². The van der Waals surface area contributed by atoms with Crippen molar-refractivity contribution in [1.82, 2.24) is 9.80 Å². The lowest BCUT2D eigenvalue weighted by Crippen LogP contribution is -2.48. The molecule has 1 aromatic rings. The highest BCUT2D eigenvalue weighted by Gasteiger charge is 2.36. The Morgan fingerprint density at radius 3 is 2.77 bits per heavy atom. The molecule has 2 atom stereocenters. The summed E-state index contributed by atoms with van der Waals surface area (Å²) in [5.74, 6) is 0.262. The highest BCUT2D eigenvalue weighted by atomic mass is 19.1. The molecule has 0 amide bonds. The van der Waals surface area contributed by atoms with Crippen LogP contribution in [0.4, 0.5) is 4.39 Å². The van der Waals surface area contributed by atoms with Crippen LogP contribution in [0.5, 0.6) is 5.75 Å². The SMILES string of the molecule is COc1ccc(CN2C[C@H](O)[C@@H](N3CCOCC3)C2)c(F)c1. The Hall–Kier alpha value is -1.21. The van der Waals surface area contributed by atoms with Crippen LogP contribution in [-0.2, 0) is 11.3 Å². The highest BCUT2D eigenvalue weighted by Crippen LogP contribution is 2.22. The lowest BCUT2D eigenvalue weighted by molar-refractivity contribution is -0.00618. The molecule has 22 heavy (non-hydrogen) atoms. The molecule has 2 aliphatic rings. The molecule has 0 radical (unpaired) electrons. The Bertz CT molecular complexity index is 508. The van der Waals surface area contributed by atoms with Crippen molar-refractivity contribution < 1.29 is 19.0 Å². The summed E-state index contributed by atoms with van der Waals surface area (Å²) in [7, 11) is 1.53. The number of benzene rings is 1. The molecule has 0 aliphatic carbocycles. The molecule has 3 rings (SSSR count). The molecule has 1 aromatic carbocycles. The number of ether oxygens (including phenoxy) is 2. The van der Waals surface area contributed by atoms with Gasteiger partial charge in [-0.25, -0.2) is 4.39 Å². The van der Waals surface area contributed by atoms with Gasteiger partial charge >= 0.3 is 0 Å². The molecule has 2 saturated heterocycles. The topological polar surface area (TPSA) is 45.2 Å². The number of hydrogen-bond donors (Lipinski definition) is 1. The number of hydrogen-bond acceptors (Lipinski definition) is 5. The van der Waals surface area contributed by atoms with E-state index in [0.29, 0.717) is 24.4 Å². The van der Waals surface area contributed by atoms with Crippen LogP contribution in [-0.4, -0.2) is 73.6 Å². The molecule has 5 nitrogen and oxygen atoms in total. The zero-order valence-corrected chi connectivity index (χ0v) is 12.9. The third kappa shape index (κ3) is 3.41. The quantitative estimate of drug-likeness (QED) is 0.887. The van der Waals surface area contributed by atoms with Gasteiger partial charge in [0, 0.05) is 50.4 Å². The van der Waals surface area contributed by atoms with E-state index in [1.54, 1.807) is 12.1 Å². The molecule has 0 spiro atoms. The van der Waals surface area contributed by atoms with Gasteiger partial charge in [0.2, 0.25) is 0 Å². The van der Waals surface area contributed by atoms with Gasteiger partial charge in [-0.1, -0.05) is 6.07 Å². The van der Waals surface area contributed by atoms with Crippen LogP contribution in [0.2, 0.25) is 0 Å². The zero-order valence-electron chi connectivity index (χ0n) is 12.9. The van der Waals surface area contributed by atoms with Crippen molar-refractivity contribution in [3.05, 3.63) is 29.6 Å². The van der Waals surface area contributed by atoms with Crippen LogP contribution in [0.15, 0.2) is 18.2 Å². The molecular weight excluding hydrogens is 287 g/mol. The lowest BCUT2D eigenvalue weighted by atomic mass is 10.1. The van der Waals surface area contributed by atoms with Gasteiger partial charge in [0.1, 0.15) is 11.6 Å². The average molecular weight is 310 g/mol. The first-order valence-electron chi connectivity index (χ1n) is 7.72. The van der Waals surface area contributed by atoms with Gasteiger partial charge in [-0.2, -0.15) is 0 Å². The molecule has 0 unspecified atom stereocenters. The van der Waals surface area contributed by atoms with Crippen LogP contribution in [0.25, 0.3) is 0 Å². The number of rotatable bonds is 4. The first kappa shape index (κ1) is 15.7. The van der Waals surface area contributed by atoms with Crippen LogP contribution < -0.4 is 4.74 Å². The maximum Gasteiger partial charge on any atom is 0.131 e. The number of β-amino-alcohol motifs (C(OH)–C–C–N with tert-alkyl or cyclic N) is 1. The number of aliphatic hydroxyl groups excluding tert-OH is 1. The molecule has 6 heteroatoms. The van der Waals surface area contributed by atoms with Gasteiger partial charge in [-0.15, -0.1) is 0 Å². The first-order chi connectivity index (χ1) is 10.7. The van der Waals surface area contributed by atoms with Crippen molar-refractivity contribution in [2.24, 2.45) is 0 Å².